The van der Waals surface area contributed by atoms with Crippen LogP contribution in [0.3, 0.4) is 0 Å². The van der Waals surface area contributed by atoms with Crippen LogP contribution in [0.1, 0.15) is 30.7 Å². The number of pyridine rings is 1. The maximum Gasteiger partial charge on any atom is 0.145 e. The second-order valence-corrected chi connectivity index (χ2v) is 8.94. The van der Waals surface area contributed by atoms with E-state index in [1.165, 1.54) is 15.9 Å². The van der Waals surface area contributed by atoms with Gasteiger partial charge in [-0.3, -0.25) is 4.98 Å². The van der Waals surface area contributed by atoms with Gasteiger partial charge >= 0.3 is 0 Å². The monoisotopic (exact) mass is 393 g/mol. The molecule has 1 aliphatic rings. The van der Waals surface area contributed by atoms with E-state index in [1.807, 2.05) is 35.9 Å². The van der Waals surface area contributed by atoms with E-state index in [0.717, 1.165) is 35.8 Å². The van der Waals surface area contributed by atoms with Gasteiger partial charge < -0.3 is 15.4 Å². The van der Waals surface area contributed by atoms with Crippen LogP contribution in [0.25, 0.3) is 21.3 Å². The Labute approximate surface area is 167 Å². The zero-order valence-corrected chi connectivity index (χ0v) is 16.5. The molecule has 0 unspecified atom stereocenters. The van der Waals surface area contributed by atoms with Gasteiger partial charge in [-0.05, 0) is 55.4 Å². The smallest absolute Gasteiger partial charge is 0.145 e. The van der Waals surface area contributed by atoms with Crippen molar-refractivity contribution < 1.29 is 5.11 Å². The normalized spacial score (nSPS) is 25.1. The number of aromatic nitrogens is 4. The van der Waals surface area contributed by atoms with Crippen molar-refractivity contribution in [2.75, 3.05) is 5.73 Å². The summed E-state index contributed by atoms with van der Waals surface area (Å²) in [6, 6.07) is 8.28. The molecule has 4 heterocycles. The Morgan fingerprint density at radius 3 is 3.04 bits per heavy atom. The Kier molecular flexibility index (Phi) is 4.29. The van der Waals surface area contributed by atoms with E-state index in [2.05, 4.69) is 38.6 Å². The number of nitrogens with zero attached hydrogens (tertiary/aromatic N) is 4. The summed E-state index contributed by atoms with van der Waals surface area (Å²) in [4.78, 5) is 14.3. The molecule has 0 saturated heterocycles. The molecule has 6 nitrogen and oxygen atoms in total. The molecular formula is C21H23N5OS. The summed E-state index contributed by atoms with van der Waals surface area (Å²) < 4.78 is 3.32. The number of aryl methyl sites for hydroxylation is 1. The van der Waals surface area contributed by atoms with Crippen molar-refractivity contribution in [3.8, 4) is 0 Å². The molecule has 144 valence electrons. The molecule has 0 aliphatic heterocycles. The molecule has 1 aliphatic carbocycles. The van der Waals surface area contributed by atoms with E-state index >= 15 is 0 Å². The third kappa shape index (κ3) is 2.86. The second-order valence-electron chi connectivity index (χ2n) is 7.77. The Balaban J connectivity index is 1.35. The molecule has 0 spiro atoms. The molecular weight excluding hydrogens is 370 g/mol. The lowest BCUT2D eigenvalue weighted by Gasteiger charge is -2.19. The van der Waals surface area contributed by atoms with E-state index < -0.39 is 0 Å². The maximum atomic E-state index is 10.9. The molecule has 4 atom stereocenters. The van der Waals surface area contributed by atoms with Gasteiger partial charge in [0.1, 0.15) is 17.8 Å². The summed E-state index contributed by atoms with van der Waals surface area (Å²) in [6.07, 6.45) is 7.97. The van der Waals surface area contributed by atoms with Gasteiger partial charge in [0.25, 0.3) is 0 Å². The lowest BCUT2D eigenvalue weighted by molar-refractivity contribution is 0.0949. The van der Waals surface area contributed by atoms with Crippen LogP contribution < -0.4 is 5.73 Å². The first-order valence-corrected chi connectivity index (χ1v) is 10.5. The second kappa shape index (κ2) is 6.83. The predicted molar refractivity (Wildman–Crippen MR) is 112 cm³/mol. The molecule has 5 rings (SSSR count). The van der Waals surface area contributed by atoms with Crippen LogP contribution in [-0.4, -0.2) is 30.7 Å². The zero-order valence-electron chi connectivity index (χ0n) is 15.7. The molecule has 1 saturated carbocycles. The SMILES string of the molecule is C[C@@H]1[C@@H](CCc2cc3ncccc3s2)C[C@@H](n2ccc3c(N)ncnc32)[C@@H]1O. The number of nitrogen functional groups attached to an aromatic ring is 1. The first kappa shape index (κ1) is 17.6. The highest BCUT2D eigenvalue weighted by molar-refractivity contribution is 7.19. The van der Waals surface area contributed by atoms with Crippen molar-refractivity contribution in [2.45, 2.75) is 38.3 Å². The first-order valence-electron chi connectivity index (χ1n) is 9.70. The number of fused-ring (bicyclic) bond motifs is 2. The van der Waals surface area contributed by atoms with E-state index in [4.69, 9.17) is 5.73 Å². The number of rotatable bonds is 4. The molecule has 28 heavy (non-hydrogen) atoms. The molecule has 0 amide bonds. The summed E-state index contributed by atoms with van der Waals surface area (Å²) in [5, 5.41) is 11.8. The van der Waals surface area contributed by atoms with Gasteiger partial charge in [0.2, 0.25) is 0 Å². The fourth-order valence-electron chi connectivity index (χ4n) is 4.58. The number of aliphatic hydroxyl groups excluding tert-OH is 1. The predicted octanol–water partition coefficient (Wildman–Crippen LogP) is 3.81. The summed E-state index contributed by atoms with van der Waals surface area (Å²) in [7, 11) is 0. The minimum atomic E-state index is -0.388. The van der Waals surface area contributed by atoms with E-state index in [1.54, 1.807) is 0 Å². The first-order chi connectivity index (χ1) is 13.6. The number of aliphatic hydroxyl groups is 1. The Bertz CT molecular complexity index is 1100. The van der Waals surface area contributed by atoms with Gasteiger partial charge in [0, 0.05) is 17.3 Å². The van der Waals surface area contributed by atoms with Gasteiger partial charge in [-0.1, -0.05) is 6.92 Å². The molecule has 4 aromatic heterocycles. The highest BCUT2D eigenvalue weighted by atomic mass is 32.1. The Morgan fingerprint density at radius 1 is 1.29 bits per heavy atom. The van der Waals surface area contributed by atoms with Gasteiger partial charge in [0.15, 0.2) is 0 Å². The minimum absolute atomic E-state index is 0.0240. The molecule has 0 radical (unpaired) electrons. The van der Waals surface area contributed by atoms with Crippen LogP contribution in [0.4, 0.5) is 5.82 Å². The number of hydrogen-bond acceptors (Lipinski definition) is 6. The van der Waals surface area contributed by atoms with E-state index in [0.29, 0.717) is 11.7 Å². The Hall–Kier alpha value is -2.51. The molecule has 0 aromatic carbocycles. The van der Waals surface area contributed by atoms with Crippen molar-refractivity contribution in [3.05, 3.63) is 47.9 Å². The lowest BCUT2D eigenvalue weighted by atomic mass is 9.92. The average molecular weight is 394 g/mol. The van der Waals surface area contributed by atoms with Crippen molar-refractivity contribution in [3.63, 3.8) is 0 Å². The highest BCUT2D eigenvalue weighted by Crippen LogP contribution is 2.43. The van der Waals surface area contributed by atoms with E-state index in [9.17, 15) is 5.11 Å². The van der Waals surface area contributed by atoms with Gasteiger partial charge in [-0.2, -0.15) is 0 Å². The standard InChI is InChI=1S/C21H23N5OS/c1-12-13(4-5-14-10-16-18(28-14)3-2-7-23-16)9-17(19(12)27)26-8-6-15-20(22)24-11-25-21(15)26/h2-3,6-8,10-13,17,19,27H,4-5,9H2,1H3,(H2,22,24,25)/t12-,13+,17-,19-/m1/s1. The number of nitrogens with two attached hydrogens (primary N) is 1. The van der Waals surface area contributed by atoms with Crippen LogP contribution in [0.2, 0.25) is 0 Å². The van der Waals surface area contributed by atoms with E-state index in [-0.39, 0.29) is 18.1 Å². The zero-order chi connectivity index (χ0) is 19.3. The van der Waals surface area contributed by atoms with Gasteiger partial charge in [-0.25, -0.2) is 9.97 Å². The fourth-order valence-corrected chi connectivity index (χ4v) is 5.62. The van der Waals surface area contributed by atoms with Gasteiger partial charge in [0.05, 0.1) is 27.7 Å². The molecule has 1 fully saturated rings. The highest BCUT2D eigenvalue weighted by Gasteiger charge is 2.40. The molecule has 4 aromatic rings. The summed E-state index contributed by atoms with van der Waals surface area (Å²) in [5.41, 5.74) is 7.86. The van der Waals surface area contributed by atoms with Crippen LogP contribution in [0, 0.1) is 11.8 Å². The minimum Gasteiger partial charge on any atom is -0.391 e. The van der Waals surface area contributed by atoms with Crippen LogP contribution in [0.5, 0.6) is 0 Å². The molecule has 7 heteroatoms. The van der Waals surface area contributed by atoms with Crippen molar-refractivity contribution in [1.29, 1.82) is 0 Å². The van der Waals surface area contributed by atoms with Gasteiger partial charge in [-0.15, -0.1) is 11.3 Å². The third-order valence-electron chi connectivity index (χ3n) is 6.22. The van der Waals surface area contributed by atoms with Crippen molar-refractivity contribution in [2.24, 2.45) is 11.8 Å². The third-order valence-corrected chi connectivity index (χ3v) is 7.37. The fraction of sp³-hybridized carbons (Fsp3) is 0.381. The van der Waals surface area contributed by atoms with Crippen LogP contribution in [0.15, 0.2) is 43.0 Å². The summed E-state index contributed by atoms with van der Waals surface area (Å²) in [6.45, 7) is 2.16. The summed E-state index contributed by atoms with van der Waals surface area (Å²) >= 11 is 1.82. The summed E-state index contributed by atoms with van der Waals surface area (Å²) in [5.74, 6) is 1.20. The number of anilines is 1. The topological polar surface area (TPSA) is 89.9 Å². The molecule has 3 N–H and O–H groups in total. The molecule has 0 bridgehead atoms. The van der Waals surface area contributed by atoms with Crippen molar-refractivity contribution >= 4 is 38.4 Å². The van der Waals surface area contributed by atoms with Crippen LogP contribution in [-0.2, 0) is 6.42 Å². The largest absolute Gasteiger partial charge is 0.391 e. The number of hydrogen-bond donors (Lipinski definition) is 2. The Morgan fingerprint density at radius 2 is 2.18 bits per heavy atom. The number of thiophene rings is 1. The van der Waals surface area contributed by atoms with Crippen LogP contribution >= 0.6 is 11.3 Å². The van der Waals surface area contributed by atoms with Crippen molar-refractivity contribution in [1.82, 2.24) is 19.5 Å². The quantitative estimate of drug-likeness (QED) is 0.550. The lowest BCUT2D eigenvalue weighted by Crippen LogP contribution is -2.23. The maximum absolute atomic E-state index is 10.9. The average Bonchev–Trinajstić information content (AvgIpc) is 3.38.